The molecule has 0 spiro atoms. The van der Waals surface area contributed by atoms with Gasteiger partial charge in [0.1, 0.15) is 5.82 Å². The van der Waals surface area contributed by atoms with Crippen molar-refractivity contribution in [2.45, 2.75) is 38.8 Å². The van der Waals surface area contributed by atoms with Gasteiger partial charge in [-0.2, -0.15) is 0 Å². The predicted octanol–water partition coefficient (Wildman–Crippen LogP) is 4.74. The van der Waals surface area contributed by atoms with E-state index < -0.39 is 0 Å². The van der Waals surface area contributed by atoms with Crippen molar-refractivity contribution in [3.63, 3.8) is 0 Å². The van der Waals surface area contributed by atoms with E-state index in [4.69, 9.17) is 0 Å². The quantitative estimate of drug-likeness (QED) is 0.794. The van der Waals surface area contributed by atoms with Gasteiger partial charge >= 0.3 is 0 Å². The molecular weight excluding hydrogens is 329 g/mol. The maximum atomic E-state index is 13.2. The fourth-order valence-electron chi connectivity index (χ4n) is 2.60. The van der Waals surface area contributed by atoms with Crippen LogP contribution in [0, 0.1) is 5.82 Å². The molecule has 1 nitrogen and oxygen atoms in total. The number of rotatable bonds is 6. The van der Waals surface area contributed by atoms with E-state index in [-0.39, 0.29) is 5.82 Å². The minimum atomic E-state index is -0.164. The van der Waals surface area contributed by atoms with E-state index in [9.17, 15) is 4.39 Å². The first-order valence-corrected chi connectivity index (χ1v) is 8.07. The summed E-state index contributed by atoms with van der Waals surface area (Å²) in [7, 11) is 0. The molecule has 0 saturated carbocycles. The summed E-state index contributed by atoms with van der Waals surface area (Å²) in [4.78, 5) is 0. The predicted molar refractivity (Wildman–Crippen MR) is 90.0 cm³/mol. The smallest absolute Gasteiger partial charge is 0.123 e. The molecule has 2 atom stereocenters. The van der Waals surface area contributed by atoms with Crippen LogP contribution in [0.15, 0.2) is 53.0 Å². The molecule has 0 aliphatic rings. The Bertz CT molecular complexity index is 568. The summed E-state index contributed by atoms with van der Waals surface area (Å²) in [5.74, 6) is -0.164. The van der Waals surface area contributed by atoms with E-state index in [0.29, 0.717) is 12.1 Å². The molecule has 0 aromatic heterocycles. The SMILES string of the molecule is CC(Cc1ccc(Br)cc1)NC(C)Cc1cccc(F)c1. The Kier molecular flexibility index (Phi) is 5.95. The molecule has 0 saturated heterocycles. The second-order valence-corrected chi connectivity index (χ2v) is 6.55. The lowest BCUT2D eigenvalue weighted by Gasteiger charge is -2.20. The van der Waals surface area contributed by atoms with Gasteiger partial charge in [-0.15, -0.1) is 0 Å². The minimum absolute atomic E-state index is 0.164. The monoisotopic (exact) mass is 349 g/mol. The van der Waals surface area contributed by atoms with Gasteiger partial charge in [-0.25, -0.2) is 4.39 Å². The molecule has 0 bridgehead atoms. The molecule has 0 fully saturated rings. The molecule has 1 N–H and O–H groups in total. The first-order valence-electron chi connectivity index (χ1n) is 7.28. The van der Waals surface area contributed by atoms with Gasteiger partial charge in [0, 0.05) is 16.6 Å². The summed E-state index contributed by atoms with van der Waals surface area (Å²) in [5, 5.41) is 3.58. The lowest BCUT2D eigenvalue weighted by molar-refractivity contribution is 0.462. The van der Waals surface area contributed by atoms with Crippen molar-refractivity contribution in [3.8, 4) is 0 Å². The molecule has 21 heavy (non-hydrogen) atoms. The highest BCUT2D eigenvalue weighted by Crippen LogP contribution is 2.12. The normalized spacial score (nSPS) is 13.9. The third-order valence-corrected chi connectivity index (χ3v) is 3.98. The van der Waals surface area contributed by atoms with Crippen LogP contribution in [-0.2, 0) is 12.8 Å². The van der Waals surface area contributed by atoms with Gasteiger partial charge in [0.15, 0.2) is 0 Å². The number of benzene rings is 2. The lowest BCUT2D eigenvalue weighted by Crippen LogP contribution is -2.37. The van der Waals surface area contributed by atoms with Crippen molar-refractivity contribution in [2.24, 2.45) is 0 Å². The number of hydrogen-bond donors (Lipinski definition) is 1. The van der Waals surface area contributed by atoms with Crippen LogP contribution in [-0.4, -0.2) is 12.1 Å². The average Bonchev–Trinajstić information content (AvgIpc) is 2.41. The summed E-state index contributed by atoms with van der Waals surface area (Å²) in [6, 6.07) is 15.9. The highest BCUT2D eigenvalue weighted by Gasteiger charge is 2.09. The molecule has 2 unspecified atom stereocenters. The maximum Gasteiger partial charge on any atom is 0.123 e. The van der Waals surface area contributed by atoms with Crippen LogP contribution in [0.1, 0.15) is 25.0 Å². The summed E-state index contributed by atoms with van der Waals surface area (Å²) in [5.41, 5.74) is 2.35. The molecule has 0 aliphatic carbocycles. The standard InChI is InChI=1S/C18H21BrFN/c1-13(10-15-6-8-17(19)9-7-15)21-14(2)11-16-4-3-5-18(20)12-16/h3-9,12-14,21H,10-11H2,1-2H3. The van der Waals surface area contributed by atoms with E-state index in [2.05, 4.69) is 59.4 Å². The van der Waals surface area contributed by atoms with Gasteiger partial charge < -0.3 is 5.32 Å². The first-order chi connectivity index (χ1) is 10.0. The van der Waals surface area contributed by atoms with Crippen molar-refractivity contribution in [1.29, 1.82) is 0 Å². The molecule has 2 aromatic rings. The molecule has 0 heterocycles. The van der Waals surface area contributed by atoms with Crippen molar-refractivity contribution in [1.82, 2.24) is 5.32 Å². The zero-order valence-electron chi connectivity index (χ0n) is 12.4. The third kappa shape index (κ3) is 5.60. The molecular formula is C18H21BrFN. The number of hydrogen-bond acceptors (Lipinski definition) is 1. The molecule has 112 valence electrons. The Hall–Kier alpha value is -1.19. The molecule has 3 heteroatoms. The molecule has 2 aromatic carbocycles. The van der Waals surface area contributed by atoms with Crippen molar-refractivity contribution in [3.05, 3.63) is 69.9 Å². The zero-order chi connectivity index (χ0) is 15.2. The van der Waals surface area contributed by atoms with E-state index in [1.165, 1.54) is 11.6 Å². The zero-order valence-corrected chi connectivity index (χ0v) is 14.0. The number of halogens is 2. The van der Waals surface area contributed by atoms with Gasteiger partial charge in [-0.3, -0.25) is 0 Å². The van der Waals surface area contributed by atoms with Crippen LogP contribution in [0.5, 0.6) is 0 Å². The summed E-state index contributed by atoms with van der Waals surface area (Å²) in [6.45, 7) is 4.33. The Balaban J connectivity index is 1.84. The van der Waals surface area contributed by atoms with Crippen molar-refractivity contribution < 1.29 is 4.39 Å². The Morgan fingerprint density at radius 3 is 2.19 bits per heavy atom. The summed E-state index contributed by atoms with van der Waals surface area (Å²) in [6.07, 6.45) is 1.82. The molecule has 0 radical (unpaired) electrons. The van der Waals surface area contributed by atoms with Crippen LogP contribution in [0.25, 0.3) is 0 Å². The van der Waals surface area contributed by atoms with Gasteiger partial charge in [-0.05, 0) is 62.1 Å². The fourth-order valence-corrected chi connectivity index (χ4v) is 2.86. The Morgan fingerprint density at radius 1 is 0.952 bits per heavy atom. The Labute approximate surface area is 134 Å². The van der Waals surface area contributed by atoms with Crippen LogP contribution in [0.4, 0.5) is 4.39 Å². The second-order valence-electron chi connectivity index (χ2n) is 5.63. The van der Waals surface area contributed by atoms with Crippen LogP contribution >= 0.6 is 15.9 Å². The second kappa shape index (κ2) is 7.71. The van der Waals surface area contributed by atoms with Crippen molar-refractivity contribution in [2.75, 3.05) is 0 Å². The van der Waals surface area contributed by atoms with Gasteiger partial charge in [0.05, 0.1) is 0 Å². The highest BCUT2D eigenvalue weighted by molar-refractivity contribution is 9.10. The van der Waals surface area contributed by atoms with Gasteiger partial charge in [-0.1, -0.05) is 40.2 Å². The van der Waals surface area contributed by atoms with E-state index in [1.54, 1.807) is 12.1 Å². The highest BCUT2D eigenvalue weighted by atomic mass is 79.9. The van der Waals surface area contributed by atoms with Crippen LogP contribution in [0.3, 0.4) is 0 Å². The van der Waals surface area contributed by atoms with Crippen molar-refractivity contribution >= 4 is 15.9 Å². The minimum Gasteiger partial charge on any atom is -0.311 e. The first kappa shape index (κ1) is 16.2. The largest absolute Gasteiger partial charge is 0.311 e. The van der Waals surface area contributed by atoms with E-state index >= 15 is 0 Å². The molecule has 2 rings (SSSR count). The van der Waals surface area contributed by atoms with E-state index in [0.717, 1.165) is 22.9 Å². The molecule has 0 aliphatic heterocycles. The summed E-state index contributed by atoms with van der Waals surface area (Å²) < 4.78 is 14.3. The Morgan fingerprint density at radius 2 is 1.57 bits per heavy atom. The molecule has 0 amide bonds. The summed E-state index contributed by atoms with van der Waals surface area (Å²) >= 11 is 3.45. The van der Waals surface area contributed by atoms with Gasteiger partial charge in [0.25, 0.3) is 0 Å². The maximum absolute atomic E-state index is 13.2. The van der Waals surface area contributed by atoms with Gasteiger partial charge in [0.2, 0.25) is 0 Å². The number of nitrogens with one attached hydrogen (secondary N) is 1. The topological polar surface area (TPSA) is 12.0 Å². The lowest BCUT2D eigenvalue weighted by atomic mass is 10.0. The average molecular weight is 350 g/mol. The fraction of sp³-hybridized carbons (Fsp3) is 0.333. The third-order valence-electron chi connectivity index (χ3n) is 3.46. The van der Waals surface area contributed by atoms with E-state index in [1.807, 2.05) is 6.07 Å². The van der Waals surface area contributed by atoms with Crippen LogP contribution in [0.2, 0.25) is 0 Å². The van der Waals surface area contributed by atoms with Crippen LogP contribution < -0.4 is 5.32 Å².